The Bertz CT molecular complexity index is 826. The average molecular weight is 384 g/mol. The van der Waals surface area contributed by atoms with Crippen molar-refractivity contribution in [2.24, 2.45) is 5.10 Å². The van der Waals surface area contributed by atoms with E-state index in [0.29, 0.717) is 10.9 Å². The van der Waals surface area contributed by atoms with E-state index in [0.717, 1.165) is 16.8 Å². The fraction of sp³-hybridized carbons (Fsp3) is 0.273. The van der Waals surface area contributed by atoms with Crippen LogP contribution in [0.3, 0.4) is 0 Å². The lowest BCUT2D eigenvalue weighted by atomic mass is 10.0. The van der Waals surface area contributed by atoms with Gasteiger partial charge in [-0.15, -0.1) is 0 Å². The maximum atomic E-state index is 12.1. The molecule has 0 aliphatic rings. The summed E-state index contributed by atoms with van der Waals surface area (Å²) >= 11 is 5.95. The molecule has 0 fully saturated rings. The summed E-state index contributed by atoms with van der Waals surface area (Å²) in [6.45, 7) is 8.06. The molecule has 0 saturated carbocycles. The first-order valence-corrected chi connectivity index (χ1v) is 9.36. The molecule has 4 nitrogen and oxygen atoms in total. The zero-order valence-electron chi connectivity index (χ0n) is 16.2. The molecule has 5 heteroatoms. The van der Waals surface area contributed by atoms with Gasteiger partial charge in [-0.1, -0.05) is 61.9 Å². The summed E-state index contributed by atoms with van der Waals surface area (Å²) in [6, 6.07) is 15.2. The van der Waals surface area contributed by atoms with E-state index >= 15 is 0 Å². The summed E-state index contributed by atoms with van der Waals surface area (Å²) in [5.74, 6) is 0.295. The van der Waals surface area contributed by atoms with Crippen LogP contribution in [0.25, 0.3) is 6.08 Å². The van der Waals surface area contributed by atoms with Gasteiger partial charge >= 0.3 is 0 Å². The van der Waals surface area contributed by atoms with Crippen molar-refractivity contribution in [1.29, 1.82) is 0 Å². The first-order chi connectivity index (χ1) is 12.8. The van der Waals surface area contributed by atoms with Crippen LogP contribution in [-0.2, 0) is 4.79 Å². The van der Waals surface area contributed by atoms with Gasteiger partial charge in [-0.05, 0) is 54.7 Å². The third-order valence-corrected chi connectivity index (χ3v) is 4.28. The van der Waals surface area contributed by atoms with Gasteiger partial charge in [-0.3, -0.25) is 4.79 Å². The number of amides is 1. The smallest absolute Gasteiger partial charge is 0.262 e. The normalized spacial score (nSPS) is 13.0. The van der Waals surface area contributed by atoms with Crippen LogP contribution < -0.4 is 10.7 Å². The summed E-state index contributed by atoms with van der Waals surface area (Å²) in [7, 11) is 0. The fourth-order valence-corrected chi connectivity index (χ4v) is 2.66. The SMILES string of the molecule is CC(/C=N\NC(=O)[C@@H](C)Nc1cccc(Cl)c1)=C\c1ccc(C(C)C)cc1. The van der Waals surface area contributed by atoms with Crippen LogP contribution >= 0.6 is 11.6 Å². The molecule has 0 aliphatic heterocycles. The standard InChI is InChI=1S/C22H26ClN3O/c1-15(2)19-10-8-18(9-11-19)12-16(3)14-24-26-22(27)17(4)25-21-7-5-6-20(23)13-21/h5-15,17,25H,1-4H3,(H,26,27)/b16-12+,24-14-/t17-/m1/s1. The second-order valence-corrected chi connectivity index (χ2v) is 7.26. The van der Waals surface area contributed by atoms with Gasteiger partial charge < -0.3 is 5.32 Å². The Kier molecular flexibility index (Phi) is 7.62. The van der Waals surface area contributed by atoms with E-state index in [9.17, 15) is 4.79 Å². The Morgan fingerprint density at radius 3 is 2.44 bits per heavy atom. The zero-order valence-corrected chi connectivity index (χ0v) is 16.9. The number of anilines is 1. The predicted molar refractivity (Wildman–Crippen MR) is 115 cm³/mol. The van der Waals surface area contributed by atoms with E-state index in [2.05, 4.69) is 54.0 Å². The zero-order chi connectivity index (χ0) is 19.8. The van der Waals surface area contributed by atoms with Crippen LogP contribution in [0.5, 0.6) is 0 Å². The molecule has 2 aromatic rings. The Hall–Kier alpha value is -2.59. The molecule has 1 atom stereocenters. The van der Waals surface area contributed by atoms with Crippen molar-refractivity contribution in [3.63, 3.8) is 0 Å². The van der Waals surface area contributed by atoms with E-state index < -0.39 is 6.04 Å². The van der Waals surface area contributed by atoms with Gasteiger partial charge in [0.2, 0.25) is 0 Å². The highest BCUT2D eigenvalue weighted by Crippen LogP contribution is 2.16. The van der Waals surface area contributed by atoms with E-state index in [1.165, 1.54) is 5.56 Å². The number of allylic oxidation sites excluding steroid dienone is 1. The summed E-state index contributed by atoms with van der Waals surface area (Å²) in [4.78, 5) is 12.1. The van der Waals surface area contributed by atoms with Crippen molar-refractivity contribution in [3.05, 3.63) is 70.3 Å². The van der Waals surface area contributed by atoms with Gasteiger partial charge in [-0.25, -0.2) is 5.43 Å². The maximum absolute atomic E-state index is 12.1. The predicted octanol–water partition coefficient (Wildman–Crippen LogP) is 5.47. The van der Waals surface area contributed by atoms with Crippen LogP contribution in [0.4, 0.5) is 5.69 Å². The molecule has 0 aromatic heterocycles. The molecule has 2 rings (SSSR count). The number of hydrogen-bond donors (Lipinski definition) is 2. The lowest BCUT2D eigenvalue weighted by Crippen LogP contribution is -2.34. The first kappa shape index (κ1) is 20.7. The number of nitrogens with one attached hydrogen (secondary N) is 2. The second kappa shape index (κ2) is 9.93. The summed E-state index contributed by atoms with van der Waals surface area (Å²) in [6.07, 6.45) is 3.66. The maximum Gasteiger partial charge on any atom is 0.262 e. The molecule has 27 heavy (non-hydrogen) atoms. The highest BCUT2D eigenvalue weighted by Gasteiger charge is 2.11. The molecule has 0 saturated heterocycles. The van der Waals surface area contributed by atoms with Crippen LogP contribution in [0.1, 0.15) is 44.7 Å². The molecule has 0 heterocycles. The first-order valence-electron chi connectivity index (χ1n) is 8.98. The quantitative estimate of drug-likeness (QED) is 0.492. The van der Waals surface area contributed by atoms with E-state index in [1.54, 1.807) is 25.3 Å². The van der Waals surface area contributed by atoms with E-state index in [1.807, 2.05) is 25.1 Å². The second-order valence-electron chi connectivity index (χ2n) is 6.82. The van der Waals surface area contributed by atoms with Gasteiger partial charge in [0, 0.05) is 10.7 Å². The Balaban J connectivity index is 1.88. The molecule has 0 spiro atoms. The van der Waals surface area contributed by atoms with Crippen molar-refractivity contribution in [2.75, 3.05) is 5.32 Å². The highest BCUT2D eigenvalue weighted by molar-refractivity contribution is 6.30. The van der Waals surface area contributed by atoms with Gasteiger partial charge in [0.15, 0.2) is 0 Å². The minimum atomic E-state index is -0.437. The van der Waals surface area contributed by atoms with Gasteiger partial charge in [0.1, 0.15) is 6.04 Å². The number of rotatable bonds is 7. The largest absolute Gasteiger partial charge is 0.374 e. The number of hydrogen-bond acceptors (Lipinski definition) is 3. The highest BCUT2D eigenvalue weighted by atomic mass is 35.5. The summed E-state index contributed by atoms with van der Waals surface area (Å²) in [5.41, 5.74) is 6.70. The third-order valence-electron chi connectivity index (χ3n) is 4.04. The molecular formula is C22H26ClN3O. The molecule has 2 aromatic carbocycles. The van der Waals surface area contributed by atoms with Crippen molar-refractivity contribution >= 4 is 35.5 Å². The number of carbonyl (C=O) groups excluding carboxylic acids is 1. The van der Waals surface area contributed by atoms with Crippen LogP contribution in [-0.4, -0.2) is 18.2 Å². The molecule has 142 valence electrons. The van der Waals surface area contributed by atoms with Gasteiger partial charge in [0.05, 0.1) is 6.21 Å². The lowest BCUT2D eigenvalue weighted by molar-refractivity contribution is -0.121. The topological polar surface area (TPSA) is 53.5 Å². The average Bonchev–Trinajstić information content (AvgIpc) is 2.62. The van der Waals surface area contributed by atoms with Crippen molar-refractivity contribution < 1.29 is 4.79 Å². The van der Waals surface area contributed by atoms with Crippen LogP contribution in [0.2, 0.25) is 5.02 Å². The van der Waals surface area contributed by atoms with Crippen molar-refractivity contribution in [1.82, 2.24) is 5.43 Å². The van der Waals surface area contributed by atoms with E-state index in [4.69, 9.17) is 11.6 Å². The lowest BCUT2D eigenvalue weighted by Gasteiger charge is -2.13. The number of hydrazone groups is 1. The number of halogens is 1. The molecule has 0 radical (unpaired) electrons. The van der Waals surface area contributed by atoms with Crippen LogP contribution in [0.15, 0.2) is 59.2 Å². The minimum Gasteiger partial charge on any atom is -0.374 e. The summed E-state index contributed by atoms with van der Waals surface area (Å²) in [5, 5.41) is 7.74. The molecule has 0 bridgehead atoms. The minimum absolute atomic E-state index is 0.222. The molecule has 2 N–H and O–H groups in total. The number of benzene rings is 2. The molecular weight excluding hydrogens is 358 g/mol. The van der Waals surface area contributed by atoms with E-state index in [-0.39, 0.29) is 5.91 Å². The van der Waals surface area contributed by atoms with Crippen molar-refractivity contribution in [2.45, 2.75) is 39.7 Å². The van der Waals surface area contributed by atoms with Gasteiger partial charge in [0.25, 0.3) is 5.91 Å². The number of carbonyl (C=O) groups is 1. The fourth-order valence-electron chi connectivity index (χ4n) is 2.47. The van der Waals surface area contributed by atoms with Gasteiger partial charge in [-0.2, -0.15) is 5.10 Å². The van der Waals surface area contributed by atoms with Crippen LogP contribution in [0, 0.1) is 0 Å². The Morgan fingerprint density at radius 1 is 1.11 bits per heavy atom. The Morgan fingerprint density at radius 2 is 1.81 bits per heavy atom. The Labute approximate surface area is 166 Å². The molecule has 0 unspecified atom stereocenters. The third kappa shape index (κ3) is 6.91. The summed E-state index contributed by atoms with van der Waals surface area (Å²) < 4.78 is 0. The molecule has 0 aliphatic carbocycles. The molecule has 1 amide bonds. The van der Waals surface area contributed by atoms with Crippen molar-refractivity contribution in [3.8, 4) is 0 Å². The monoisotopic (exact) mass is 383 g/mol. The number of nitrogens with zero attached hydrogens (tertiary/aromatic N) is 1.